The largest absolute Gasteiger partial charge is 0.384 e. The summed E-state index contributed by atoms with van der Waals surface area (Å²) >= 11 is 0. The van der Waals surface area contributed by atoms with Gasteiger partial charge in [-0.3, -0.25) is 4.98 Å². The van der Waals surface area contributed by atoms with E-state index in [2.05, 4.69) is 11.9 Å². The molecule has 0 spiro atoms. The molecule has 0 saturated carbocycles. The number of aromatic nitrogens is 1. The third-order valence-corrected chi connectivity index (χ3v) is 1.47. The normalized spacial score (nSPS) is 11.6. The maximum Gasteiger partial charge on any atom is 0.101 e. The Morgan fingerprint density at radius 1 is 1.55 bits per heavy atom. The van der Waals surface area contributed by atoms with Gasteiger partial charge in [-0.05, 0) is 32.4 Å². The lowest BCUT2D eigenvalue weighted by molar-refractivity contribution is 0.0734. The first kappa shape index (κ1) is 8.21. The zero-order valence-electron chi connectivity index (χ0n) is 6.83. The molecular formula is C9H12NO. The molecule has 59 valence electrons. The molecule has 0 saturated heterocycles. The van der Waals surface area contributed by atoms with Crippen LogP contribution in [0.5, 0.6) is 0 Å². The average molecular weight is 150 g/mol. The molecule has 2 heteroatoms. The van der Waals surface area contributed by atoms with E-state index < -0.39 is 5.60 Å². The summed E-state index contributed by atoms with van der Waals surface area (Å²) in [4.78, 5) is 4.04. The van der Waals surface area contributed by atoms with Gasteiger partial charge >= 0.3 is 0 Å². The van der Waals surface area contributed by atoms with Gasteiger partial charge in [-0.25, -0.2) is 0 Å². The van der Waals surface area contributed by atoms with Crippen molar-refractivity contribution in [1.82, 2.24) is 4.98 Å². The molecule has 1 radical (unpaired) electrons. The van der Waals surface area contributed by atoms with Crippen molar-refractivity contribution in [1.29, 1.82) is 0 Å². The van der Waals surface area contributed by atoms with Crippen LogP contribution in [-0.4, -0.2) is 10.1 Å². The molecule has 0 aliphatic rings. The molecule has 0 bridgehead atoms. The first-order chi connectivity index (χ1) is 5.02. The minimum absolute atomic E-state index is 0.639. The Kier molecular flexibility index (Phi) is 1.96. The zero-order chi connectivity index (χ0) is 8.48. The molecule has 0 aliphatic carbocycles. The minimum Gasteiger partial charge on any atom is -0.384 e. The fraction of sp³-hybridized carbons (Fsp3) is 0.333. The van der Waals surface area contributed by atoms with E-state index in [1.54, 1.807) is 26.1 Å². The lowest BCUT2D eigenvalue weighted by Gasteiger charge is -2.17. The van der Waals surface area contributed by atoms with Crippen LogP contribution in [0.3, 0.4) is 0 Å². The Morgan fingerprint density at radius 3 is 2.55 bits per heavy atom. The first-order valence-electron chi connectivity index (χ1n) is 3.51. The average Bonchev–Trinajstić information content (AvgIpc) is 1.86. The van der Waals surface area contributed by atoms with Crippen LogP contribution in [0, 0.1) is 6.92 Å². The predicted octanol–water partition coefficient (Wildman–Crippen LogP) is 1.49. The van der Waals surface area contributed by atoms with Gasteiger partial charge in [-0.2, -0.15) is 0 Å². The van der Waals surface area contributed by atoms with E-state index in [0.29, 0.717) is 5.69 Å². The molecule has 0 aromatic carbocycles. The van der Waals surface area contributed by atoms with Crippen LogP contribution in [0.25, 0.3) is 0 Å². The highest BCUT2D eigenvalue weighted by Crippen LogP contribution is 2.19. The summed E-state index contributed by atoms with van der Waals surface area (Å²) in [5, 5.41) is 9.57. The van der Waals surface area contributed by atoms with Crippen molar-refractivity contribution in [2.75, 3.05) is 0 Å². The maximum absolute atomic E-state index is 9.57. The fourth-order valence-corrected chi connectivity index (χ4v) is 0.989. The molecule has 0 atom stereocenters. The van der Waals surface area contributed by atoms with Crippen molar-refractivity contribution in [2.45, 2.75) is 19.4 Å². The van der Waals surface area contributed by atoms with Crippen LogP contribution in [-0.2, 0) is 5.60 Å². The smallest absolute Gasteiger partial charge is 0.101 e. The molecule has 11 heavy (non-hydrogen) atoms. The fourth-order valence-electron chi connectivity index (χ4n) is 0.989. The van der Waals surface area contributed by atoms with Gasteiger partial charge in [0.2, 0.25) is 0 Å². The number of aliphatic hydroxyl groups is 1. The first-order valence-corrected chi connectivity index (χ1v) is 3.51. The molecule has 1 aromatic rings. The molecule has 1 aromatic heterocycles. The maximum atomic E-state index is 9.57. The summed E-state index contributed by atoms with van der Waals surface area (Å²) in [7, 11) is 0. The summed E-state index contributed by atoms with van der Waals surface area (Å²) in [6.45, 7) is 7.16. The molecule has 2 nitrogen and oxygen atoms in total. The Balaban J connectivity index is 3.14. The quantitative estimate of drug-likeness (QED) is 0.658. The van der Waals surface area contributed by atoms with Gasteiger partial charge in [0.25, 0.3) is 0 Å². The van der Waals surface area contributed by atoms with Crippen molar-refractivity contribution in [3.63, 3.8) is 0 Å². The van der Waals surface area contributed by atoms with Gasteiger partial charge in [0.15, 0.2) is 0 Å². The van der Waals surface area contributed by atoms with Gasteiger partial charge in [0.05, 0.1) is 5.69 Å². The van der Waals surface area contributed by atoms with Gasteiger partial charge in [-0.15, -0.1) is 0 Å². The molecular weight excluding hydrogens is 138 g/mol. The van der Waals surface area contributed by atoms with E-state index in [0.717, 1.165) is 5.56 Å². The van der Waals surface area contributed by atoms with Crippen LogP contribution in [0.15, 0.2) is 18.3 Å². The summed E-state index contributed by atoms with van der Waals surface area (Å²) in [6, 6.07) is 3.64. The molecule has 0 unspecified atom stereocenters. The van der Waals surface area contributed by atoms with Crippen LogP contribution in [0.4, 0.5) is 0 Å². The Hall–Kier alpha value is -0.890. The van der Waals surface area contributed by atoms with Gasteiger partial charge in [-0.1, -0.05) is 6.07 Å². The highest BCUT2D eigenvalue weighted by molar-refractivity contribution is 5.26. The van der Waals surface area contributed by atoms with E-state index in [9.17, 15) is 5.11 Å². The third-order valence-electron chi connectivity index (χ3n) is 1.47. The number of hydrogen-bond acceptors (Lipinski definition) is 2. The third kappa shape index (κ3) is 1.77. The second-order valence-corrected chi connectivity index (χ2v) is 3.07. The van der Waals surface area contributed by atoms with Crippen LogP contribution < -0.4 is 0 Å². The molecule has 0 aliphatic heterocycles. The summed E-state index contributed by atoms with van der Waals surface area (Å²) in [6.07, 6.45) is 1.65. The lowest BCUT2D eigenvalue weighted by Crippen LogP contribution is -2.18. The highest BCUT2D eigenvalue weighted by atomic mass is 16.3. The number of hydrogen-bond donors (Lipinski definition) is 1. The molecule has 1 N–H and O–H groups in total. The number of pyridine rings is 1. The standard InChI is InChI=1S/C9H12NO/c1-7-5-4-6-10-8(7)9(2,3)11/h4-6,11H,1H2,2-3H3. The van der Waals surface area contributed by atoms with Crippen LogP contribution >= 0.6 is 0 Å². The topological polar surface area (TPSA) is 33.1 Å². The summed E-state index contributed by atoms with van der Waals surface area (Å²) < 4.78 is 0. The van der Waals surface area contributed by atoms with E-state index >= 15 is 0 Å². The van der Waals surface area contributed by atoms with E-state index in [-0.39, 0.29) is 0 Å². The van der Waals surface area contributed by atoms with E-state index in [1.807, 2.05) is 6.07 Å². The van der Waals surface area contributed by atoms with Crippen molar-refractivity contribution in [2.24, 2.45) is 0 Å². The molecule has 1 rings (SSSR count). The Labute approximate surface area is 66.9 Å². The second kappa shape index (κ2) is 2.62. The van der Waals surface area contributed by atoms with Crippen LogP contribution in [0.1, 0.15) is 25.1 Å². The predicted molar refractivity (Wildman–Crippen MR) is 43.9 cm³/mol. The van der Waals surface area contributed by atoms with Crippen molar-refractivity contribution >= 4 is 0 Å². The number of rotatable bonds is 1. The van der Waals surface area contributed by atoms with Crippen molar-refractivity contribution in [3.8, 4) is 0 Å². The van der Waals surface area contributed by atoms with Crippen molar-refractivity contribution < 1.29 is 5.11 Å². The van der Waals surface area contributed by atoms with Crippen molar-refractivity contribution in [3.05, 3.63) is 36.5 Å². The van der Waals surface area contributed by atoms with E-state index in [1.165, 1.54) is 0 Å². The molecule has 1 heterocycles. The molecule has 0 amide bonds. The Bertz CT molecular complexity index is 250. The zero-order valence-corrected chi connectivity index (χ0v) is 6.83. The van der Waals surface area contributed by atoms with Gasteiger partial charge in [0.1, 0.15) is 5.60 Å². The highest BCUT2D eigenvalue weighted by Gasteiger charge is 2.18. The van der Waals surface area contributed by atoms with Crippen LogP contribution in [0.2, 0.25) is 0 Å². The van der Waals surface area contributed by atoms with Gasteiger partial charge < -0.3 is 5.11 Å². The van der Waals surface area contributed by atoms with Gasteiger partial charge in [0, 0.05) is 6.20 Å². The minimum atomic E-state index is -0.891. The SMILES string of the molecule is [CH2]c1cccnc1C(C)(C)O. The second-order valence-electron chi connectivity index (χ2n) is 3.07. The Morgan fingerprint density at radius 2 is 2.18 bits per heavy atom. The summed E-state index contributed by atoms with van der Waals surface area (Å²) in [5.41, 5.74) is 0.526. The molecule has 0 fully saturated rings. The monoisotopic (exact) mass is 150 g/mol. The van der Waals surface area contributed by atoms with E-state index in [4.69, 9.17) is 0 Å². The summed E-state index contributed by atoms with van der Waals surface area (Å²) in [5.74, 6) is 0. The number of nitrogens with zero attached hydrogens (tertiary/aromatic N) is 1. The lowest BCUT2D eigenvalue weighted by atomic mass is 10.0.